The van der Waals surface area contributed by atoms with Crippen molar-refractivity contribution >= 4 is 38.4 Å². The van der Waals surface area contributed by atoms with Crippen LogP contribution in [-0.4, -0.2) is 15.6 Å². The van der Waals surface area contributed by atoms with Crippen molar-refractivity contribution in [1.82, 2.24) is 4.57 Å². The van der Waals surface area contributed by atoms with Gasteiger partial charge in [-0.25, -0.2) is 0 Å². The van der Waals surface area contributed by atoms with E-state index >= 15 is 0 Å². The van der Waals surface area contributed by atoms with Crippen LogP contribution in [0.15, 0.2) is 28.9 Å². The molecule has 0 atom stereocenters. The zero-order valence-electron chi connectivity index (χ0n) is 13.9. The summed E-state index contributed by atoms with van der Waals surface area (Å²) in [6, 6.07) is 5.82. The van der Waals surface area contributed by atoms with Gasteiger partial charge in [-0.2, -0.15) is 0 Å². The topological polar surface area (TPSA) is 54.3 Å². The number of aliphatic hydroxyl groups excluding tert-OH is 1. The maximum atomic E-state index is 12.4. The second kappa shape index (κ2) is 8.17. The molecule has 0 radical (unpaired) electrons. The Balaban J connectivity index is 1.67. The molecule has 0 unspecified atom stereocenters. The highest BCUT2D eigenvalue weighted by molar-refractivity contribution is 9.10. The molecule has 2 aromatic rings. The molecule has 1 aliphatic rings. The smallest absolute Gasteiger partial charge is 0.224 e. The lowest BCUT2D eigenvalue weighted by Gasteiger charge is -2.13. The lowest BCUT2D eigenvalue weighted by Crippen LogP contribution is -2.13. The Bertz CT molecular complexity index is 703. The molecule has 1 aliphatic carbocycles. The zero-order valence-corrected chi connectivity index (χ0v) is 15.5. The number of nitrogens with zero attached hydrogens (tertiary/aromatic N) is 1. The first-order valence-corrected chi connectivity index (χ1v) is 9.66. The van der Waals surface area contributed by atoms with Crippen LogP contribution in [0.25, 0.3) is 10.9 Å². The number of benzene rings is 1. The van der Waals surface area contributed by atoms with Crippen molar-refractivity contribution < 1.29 is 9.90 Å². The van der Waals surface area contributed by atoms with E-state index in [1.54, 1.807) is 10.8 Å². The Morgan fingerprint density at radius 3 is 2.71 bits per heavy atom. The predicted octanol–water partition coefficient (Wildman–Crippen LogP) is 5.04. The Kier molecular flexibility index (Phi) is 5.95. The van der Waals surface area contributed by atoms with Crippen LogP contribution in [-0.2, 0) is 11.5 Å². The average molecular weight is 393 g/mol. The van der Waals surface area contributed by atoms with Gasteiger partial charge in [0.1, 0.15) is 6.73 Å². The molecule has 4 nitrogen and oxygen atoms in total. The maximum Gasteiger partial charge on any atom is 0.224 e. The van der Waals surface area contributed by atoms with Crippen molar-refractivity contribution in [3.8, 4) is 0 Å². The van der Waals surface area contributed by atoms with E-state index < -0.39 is 0 Å². The molecule has 1 fully saturated rings. The fourth-order valence-corrected chi connectivity index (χ4v) is 4.29. The highest BCUT2D eigenvalue weighted by Gasteiger charge is 2.16. The maximum absolute atomic E-state index is 12.4. The van der Waals surface area contributed by atoms with E-state index in [1.807, 2.05) is 18.2 Å². The standard InChI is InChI=1S/C19H25BrN2O2/c20-15-8-5-9-17-19(15)16(12-22(17)13-23)21-18(24)11-10-14-6-3-1-2-4-7-14/h5,8-9,12,14,23H,1-4,6-7,10-11,13H2,(H,21,24). The van der Waals surface area contributed by atoms with Gasteiger partial charge in [0.25, 0.3) is 0 Å². The van der Waals surface area contributed by atoms with Gasteiger partial charge >= 0.3 is 0 Å². The number of rotatable bonds is 5. The van der Waals surface area contributed by atoms with Crippen molar-refractivity contribution in [3.63, 3.8) is 0 Å². The van der Waals surface area contributed by atoms with E-state index in [1.165, 1.54) is 38.5 Å². The quantitative estimate of drug-likeness (QED) is 0.699. The summed E-state index contributed by atoms with van der Waals surface area (Å²) >= 11 is 3.54. The summed E-state index contributed by atoms with van der Waals surface area (Å²) in [5, 5.41) is 13.5. The predicted molar refractivity (Wildman–Crippen MR) is 101 cm³/mol. The first-order valence-electron chi connectivity index (χ1n) is 8.87. The van der Waals surface area contributed by atoms with Gasteiger partial charge in [0.2, 0.25) is 5.91 Å². The number of fused-ring (bicyclic) bond motifs is 1. The van der Waals surface area contributed by atoms with Gasteiger partial charge in [-0.15, -0.1) is 0 Å². The van der Waals surface area contributed by atoms with Crippen LogP contribution in [0.1, 0.15) is 51.4 Å². The number of aliphatic hydroxyl groups is 1. The van der Waals surface area contributed by atoms with Gasteiger partial charge in [0.05, 0.1) is 11.2 Å². The summed E-state index contributed by atoms with van der Waals surface area (Å²) in [6.07, 6.45) is 11.2. The average Bonchev–Trinajstić information content (AvgIpc) is 2.76. The monoisotopic (exact) mass is 392 g/mol. The molecule has 0 spiro atoms. The first-order chi connectivity index (χ1) is 11.7. The molecule has 1 saturated carbocycles. The van der Waals surface area contributed by atoms with Crippen molar-refractivity contribution in [1.29, 1.82) is 0 Å². The minimum Gasteiger partial charge on any atom is -0.376 e. The molecule has 3 rings (SSSR count). The third-order valence-corrected chi connectivity index (χ3v) is 5.70. The Labute approximate surface area is 151 Å². The normalized spacial score (nSPS) is 16.2. The summed E-state index contributed by atoms with van der Waals surface area (Å²) in [5.74, 6) is 0.760. The van der Waals surface area contributed by atoms with E-state index in [0.29, 0.717) is 12.3 Å². The largest absolute Gasteiger partial charge is 0.376 e. The molecule has 1 amide bonds. The molecular formula is C19H25BrN2O2. The number of hydrogen-bond donors (Lipinski definition) is 2. The molecule has 0 bridgehead atoms. The number of amides is 1. The molecule has 2 N–H and O–H groups in total. The van der Waals surface area contributed by atoms with E-state index in [9.17, 15) is 9.90 Å². The third-order valence-electron chi connectivity index (χ3n) is 5.04. The molecular weight excluding hydrogens is 368 g/mol. The van der Waals surface area contributed by atoms with E-state index in [-0.39, 0.29) is 12.6 Å². The van der Waals surface area contributed by atoms with Crippen LogP contribution in [0.3, 0.4) is 0 Å². The third kappa shape index (κ3) is 4.01. The molecule has 1 aromatic carbocycles. The number of carbonyl (C=O) groups excluding carboxylic acids is 1. The van der Waals surface area contributed by atoms with Gasteiger partial charge in [0.15, 0.2) is 0 Å². The number of carbonyl (C=O) groups is 1. The number of anilines is 1. The number of nitrogens with one attached hydrogen (secondary N) is 1. The summed E-state index contributed by atoms with van der Waals surface area (Å²) in [5.41, 5.74) is 1.67. The van der Waals surface area contributed by atoms with Crippen molar-refractivity contribution in [2.45, 2.75) is 58.1 Å². The van der Waals surface area contributed by atoms with Gasteiger partial charge in [-0.05, 0) is 24.5 Å². The molecule has 130 valence electrons. The van der Waals surface area contributed by atoms with Gasteiger partial charge in [0, 0.05) is 22.5 Å². The molecule has 24 heavy (non-hydrogen) atoms. The molecule has 0 saturated heterocycles. The van der Waals surface area contributed by atoms with Crippen LogP contribution in [0.5, 0.6) is 0 Å². The lowest BCUT2D eigenvalue weighted by molar-refractivity contribution is -0.116. The van der Waals surface area contributed by atoms with Crippen molar-refractivity contribution in [2.24, 2.45) is 5.92 Å². The Hall–Kier alpha value is -1.33. The minimum atomic E-state index is -0.106. The van der Waals surface area contributed by atoms with E-state index in [0.717, 1.165) is 27.5 Å². The lowest BCUT2D eigenvalue weighted by atomic mass is 9.95. The fraction of sp³-hybridized carbons (Fsp3) is 0.526. The summed E-state index contributed by atoms with van der Waals surface area (Å²) in [7, 11) is 0. The molecule has 1 aromatic heterocycles. The van der Waals surface area contributed by atoms with Crippen LogP contribution in [0.4, 0.5) is 5.69 Å². The summed E-state index contributed by atoms with van der Waals surface area (Å²) in [6.45, 7) is -0.106. The van der Waals surface area contributed by atoms with Crippen LogP contribution >= 0.6 is 15.9 Å². The van der Waals surface area contributed by atoms with Gasteiger partial charge < -0.3 is 15.0 Å². The number of hydrogen-bond acceptors (Lipinski definition) is 2. The Morgan fingerprint density at radius 2 is 2.00 bits per heavy atom. The SMILES string of the molecule is O=C(CCC1CCCCCC1)Nc1cn(CO)c2cccc(Br)c12. The zero-order chi connectivity index (χ0) is 16.9. The van der Waals surface area contributed by atoms with Crippen molar-refractivity contribution in [3.05, 3.63) is 28.9 Å². The highest BCUT2D eigenvalue weighted by atomic mass is 79.9. The van der Waals surface area contributed by atoms with Crippen LogP contribution < -0.4 is 5.32 Å². The van der Waals surface area contributed by atoms with E-state index in [2.05, 4.69) is 21.2 Å². The van der Waals surface area contributed by atoms with Gasteiger partial charge in [-0.3, -0.25) is 4.79 Å². The number of aromatic nitrogens is 1. The molecule has 0 aliphatic heterocycles. The second-order valence-corrected chi connectivity index (χ2v) is 7.59. The Morgan fingerprint density at radius 1 is 1.25 bits per heavy atom. The minimum absolute atomic E-state index is 0.0620. The van der Waals surface area contributed by atoms with Crippen LogP contribution in [0, 0.1) is 5.92 Å². The highest BCUT2D eigenvalue weighted by Crippen LogP contribution is 2.33. The fourth-order valence-electron chi connectivity index (χ4n) is 3.72. The molecule has 5 heteroatoms. The van der Waals surface area contributed by atoms with Crippen LogP contribution in [0.2, 0.25) is 0 Å². The van der Waals surface area contributed by atoms with E-state index in [4.69, 9.17) is 0 Å². The number of halogens is 1. The summed E-state index contributed by atoms with van der Waals surface area (Å²) < 4.78 is 2.66. The second-order valence-electron chi connectivity index (χ2n) is 6.73. The molecule has 1 heterocycles. The van der Waals surface area contributed by atoms with Gasteiger partial charge in [-0.1, -0.05) is 60.5 Å². The first kappa shape index (κ1) is 17.5. The summed E-state index contributed by atoms with van der Waals surface area (Å²) in [4.78, 5) is 12.4. The van der Waals surface area contributed by atoms with Crippen molar-refractivity contribution in [2.75, 3.05) is 5.32 Å².